The quantitative estimate of drug-likeness (QED) is 0.554. The largest absolute Gasteiger partial charge is 0.394 e. The number of aliphatic hydroxyl groups excluding tert-OH is 1. The van der Waals surface area contributed by atoms with Crippen LogP contribution < -0.4 is 11.1 Å². The SMILES string of the molecule is CC(N)CCC(=O)NC1(CO)CC1. The lowest BCUT2D eigenvalue weighted by Crippen LogP contribution is -2.39. The molecule has 1 amide bonds. The summed E-state index contributed by atoms with van der Waals surface area (Å²) in [7, 11) is 0. The molecular weight excluding hydrogens is 168 g/mol. The van der Waals surface area contributed by atoms with Crippen LogP contribution in [0.3, 0.4) is 0 Å². The van der Waals surface area contributed by atoms with Gasteiger partial charge in [-0.3, -0.25) is 4.79 Å². The van der Waals surface area contributed by atoms with Crippen molar-refractivity contribution in [3.63, 3.8) is 0 Å². The van der Waals surface area contributed by atoms with Crippen LogP contribution in [0.4, 0.5) is 0 Å². The van der Waals surface area contributed by atoms with Crippen LogP contribution in [-0.2, 0) is 4.79 Å². The van der Waals surface area contributed by atoms with Gasteiger partial charge < -0.3 is 16.2 Å². The number of hydrogen-bond acceptors (Lipinski definition) is 3. The van der Waals surface area contributed by atoms with E-state index in [1.165, 1.54) is 0 Å². The maximum atomic E-state index is 11.3. The first-order valence-electron chi connectivity index (χ1n) is 4.75. The first-order chi connectivity index (χ1) is 6.08. The molecule has 0 aromatic carbocycles. The molecule has 0 radical (unpaired) electrons. The molecule has 13 heavy (non-hydrogen) atoms. The maximum absolute atomic E-state index is 11.3. The van der Waals surface area contributed by atoms with E-state index in [4.69, 9.17) is 10.8 Å². The summed E-state index contributed by atoms with van der Waals surface area (Å²) in [5.41, 5.74) is 5.24. The minimum absolute atomic E-state index is 0.00356. The lowest BCUT2D eigenvalue weighted by molar-refractivity contribution is -0.122. The van der Waals surface area contributed by atoms with Gasteiger partial charge in [-0.1, -0.05) is 0 Å². The third-order valence-electron chi connectivity index (χ3n) is 2.39. The van der Waals surface area contributed by atoms with Gasteiger partial charge in [-0.15, -0.1) is 0 Å². The van der Waals surface area contributed by atoms with E-state index in [1.807, 2.05) is 6.92 Å². The van der Waals surface area contributed by atoms with Crippen LogP contribution in [0.25, 0.3) is 0 Å². The molecule has 1 saturated carbocycles. The molecule has 4 nitrogen and oxygen atoms in total. The van der Waals surface area contributed by atoms with Crippen LogP contribution in [-0.4, -0.2) is 29.2 Å². The Morgan fingerprint density at radius 2 is 2.31 bits per heavy atom. The highest BCUT2D eigenvalue weighted by Gasteiger charge is 2.43. The topological polar surface area (TPSA) is 75.4 Å². The number of carbonyl (C=O) groups excluding carboxylic acids is 1. The van der Waals surface area contributed by atoms with Crippen LogP contribution in [0, 0.1) is 0 Å². The number of nitrogens with one attached hydrogen (secondary N) is 1. The molecular formula is C9H18N2O2. The van der Waals surface area contributed by atoms with E-state index in [0.29, 0.717) is 12.8 Å². The van der Waals surface area contributed by atoms with Crippen molar-refractivity contribution in [1.29, 1.82) is 0 Å². The van der Waals surface area contributed by atoms with Crippen molar-refractivity contribution in [2.45, 2.75) is 44.2 Å². The fourth-order valence-corrected chi connectivity index (χ4v) is 1.19. The predicted molar refractivity (Wildman–Crippen MR) is 50.1 cm³/mol. The monoisotopic (exact) mass is 186 g/mol. The molecule has 1 fully saturated rings. The summed E-state index contributed by atoms with van der Waals surface area (Å²) in [5.74, 6) is 0.00356. The minimum atomic E-state index is -0.283. The van der Waals surface area contributed by atoms with E-state index in [2.05, 4.69) is 5.32 Å². The van der Waals surface area contributed by atoms with Crippen molar-refractivity contribution >= 4 is 5.91 Å². The van der Waals surface area contributed by atoms with Crippen molar-refractivity contribution < 1.29 is 9.90 Å². The highest BCUT2D eigenvalue weighted by molar-refractivity contribution is 5.77. The fraction of sp³-hybridized carbons (Fsp3) is 0.889. The van der Waals surface area contributed by atoms with Gasteiger partial charge in [0.25, 0.3) is 0 Å². The Labute approximate surface area is 78.5 Å². The van der Waals surface area contributed by atoms with Crippen molar-refractivity contribution in [1.82, 2.24) is 5.32 Å². The van der Waals surface area contributed by atoms with Crippen LogP contribution in [0.1, 0.15) is 32.6 Å². The summed E-state index contributed by atoms with van der Waals surface area (Å²) in [5, 5.41) is 11.8. The molecule has 1 atom stereocenters. The summed E-state index contributed by atoms with van der Waals surface area (Å²) in [6, 6.07) is 0.0648. The smallest absolute Gasteiger partial charge is 0.220 e. The summed E-state index contributed by atoms with van der Waals surface area (Å²) in [6.45, 7) is 1.93. The highest BCUT2D eigenvalue weighted by atomic mass is 16.3. The van der Waals surface area contributed by atoms with Gasteiger partial charge >= 0.3 is 0 Å². The average Bonchev–Trinajstić information content (AvgIpc) is 2.82. The van der Waals surface area contributed by atoms with Gasteiger partial charge in [0.05, 0.1) is 12.1 Å². The Bertz CT molecular complexity index is 188. The number of aliphatic hydroxyl groups is 1. The van der Waals surface area contributed by atoms with Crippen LogP contribution in [0.15, 0.2) is 0 Å². The van der Waals surface area contributed by atoms with E-state index < -0.39 is 0 Å². The zero-order valence-electron chi connectivity index (χ0n) is 8.05. The molecule has 0 spiro atoms. The number of rotatable bonds is 5. The van der Waals surface area contributed by atoms with Crippen molar-refractivity contribution in [3.05, 3.63) is 0 Å². The second-order valence-electron chi connectivity index (χ2n) is 4.00. The normalized spacial score (nSPS) is 20.8. The fourth-order valence-electron chi connectivity index (χ4n) is 1.19. The van der Waals surface area contributed by atoms with Gasteiger partial charge in [0.15, 0.2) is 0 Å². The van der Waals surface area contributed by atoms with E-state index in [9.17, 15) is 4.79 Å². The molecule has 0 aromatic rings. The van der Waals surface area contributed by atoms with Crippen LogP contribution in [0.5, 0.6) is 0 Å². The minimum Gasteiger partial charge on any atom is -0.394 e. The molecule has 4 heteroatoms. The Hall–Kier alpha value is -0.610. The first-order valence-corrected chi connectivity index (χ1v) is 4.75. The summed E-state index contributed by atoms with van der Waals surface area (Å²) in [6.07, 6.45) is 2.95. The van der Waals surface area contributed by atoms with Gasteiger partial charge in [-0.2, -0.15) is 0 Å². The molecule has 76 valence electrons. The van der Waals surface area contributed by atoms with E-state index in [1.54, 1.807) is 0 Å². The Morgan fingerprint density at radius 3 is 2.69 bits per heavy atom. The Balaban J connectivity index is 2.18. The second-order valence-corrected chi connectivity index (χ2v) is 4.00. The van der Waals surface area contributed by atoms with Gasteiger partial charge in [0, 0.05) is 12.5 Å². The number of amides is 1. The second kappa shape index (κ2) is 4.07. The third-order valence-corrected chi connectivity index (χ3v) is 2.39. The van der Waals surface area contributed by atoms with Crippen LogP contribution >= 0.6 is 0 Å². The summed E-state index contributed by atoms with van der Waals surface area (Å²) >= 11 is 0. The lowest BCUT2D eigenvalue weighted by atomic mass is 10.2. The third kappa shape index (κ3) is 3.32. The molecule has 0 aromatic heterocycles. The Kier molecular flexibility index (Phi) is 3.27. The van der Waals surface area contributed by atoms with E-state index in [0.717, 1.165) is 12.8 Å². The predicted octanol–water partition coefficient (Wildman–Crippen LogP) is -0.245. The Morgan fingerprint density at radius 1 is 1.69 bits per heavy atom. The van der Waals surface area contributed by atoms with Crippen molar-refractivity contribution in [3.8, 4) is 0 Å². The number of hydrogen-bond donors (Lipinski definition) is 3. The van der Waals surface area contributed by atoms with Gasteiger partial charge in [0.2, 0.25) is 5.91 Å². The van der Waals surface area contributed by atoms with Gasteiger partial charge in [-0.25, -0.2) is 0 Å². The first kappa shape index (κ1) is 10.5. The molecule has 1 rings (SSSR count). The van der Waals surface area contributed by atoms with E-state index in [-0.39, 0.29) is 24.1 Å². The lowest BCUT2D eigenvalue weighted by Gasteiger charge is -2.14. The average molecular weight is 186 g/mol. The molecule has 1 unspecified atom stereocenters. The standard InChI is InChI=1S/C9H18N2O2/c1-7(10)2-3-8(13)11-9(6-12)4-5-9/h7,12H,2-6,10H2,1H3,(H,11,13). The van der Waals surface area contributed by atoms with Crippen molar-refractivity contribution in [2.75, 3.05) is 6.61 Å². The summed E-state index contributed by atoms with van der Waals surface area (Å²) in [4.78, 5) is 11.3. The molecule has 0 saturated heterocycles. The number of nitrogens with two attached hydrogens (primary N) is 1. The van der Waals surface area contributed by atoms with E-state index >= 15 is 0 Å². The zero-order valence-corrected chi connectivity index (χ0v) is 8.05. The summed E-state index contributed by atoms with van der Waals surface area (Å²) < 4.78 is 0. The molecule has 0 heterocycles. The van der Waals surface area contributed by atoms with Crippen molar-refractivity contribution in [2.24, 2.45) is 5.73 Å². The molecule has 1 aliphatic rings. The molecule has 4 N–H and O–H groups in total. The van der Waals surface area contributed by atoms with Crippen LogP contribution in [0.2, 0.25) is 0 Å². The molecule has 1 aliphatic carbocycles. The molecule has 0 bridgehead atoms. The zero-order chi connectivity index (χ0) is 9.90. The molecule has 0 aliphatic heterocycles. The van der Waals surface area contributed by atoms with Gasteiger partial charge in [-0.05, 0) is 26.2 Å². The maximum Gasteiger partial charge on any atom is 0.220 e. The van der Waals surface area contributed by atoms with Gasteiger partial charge in [0.1, 0.15) is 0 Å². The highest BCUT2D eigenvalue weighted by Crippen LogP contribution is 2.34. The number of carbonyl (C=O) groups is 1.